The fourth-order valence-corrected chi connectivity index (χ4v) is 3.83. The third-order valence-electron chi connectivity index (χ3n) is 6.84. The third-order valence-corrected chi connectivity index (χ3v) is 6.84. The number of aldehydes is 1. The van der Waals surface area contributed by atoms with Crippen molar-refractivity contribution in [2.24, 2.45) is 11.1 Å². The molecule has 0 aliphatic carbocycles. The molecule has 0 fully saturated rings. The summed E-state index contributed by atoms with van der Waals surface area (Å²) in [6.45, 7) is 24.9. The van der Waals surface area contributed by atoms with E-state index in [2.05, 4.69) is 52.6 Å². The molecular formula is C30H49B8ClN2O5. The number of benzene rings is 2. The molecule has 0 heterocycles. The molecule has 0 atom stereocenters. The number of hydrogen-bond acceptors (Lipinski definition) is 7. The summed E-state index contributed by atoms with van der Waals surface area (Å²) in [5.74, 6) is 3.80. The molecule has 2 aromatic carbocycles. The Morgan fingerprint density at radius 1 is 0.630 bits per heavy atom. The Labute approximate surface area is 292 Å². The first kappa shape index (κ1) is 48.3. The van der Waals surface area contributed by atoms with E-state index in [4.69, 9.17) is 49.1 Å². The minimum Gasteiger partial charge on any atom is -0.507 e. The van der Waals surface area contributed by atoms with Gasteiger partial charge in [0.1, 0.15) is 11.5 Å². The Hall–Kier alpha value is -2.09. The zero-order valence-corrected chi connectivity index (χ0v) is 30.5. The molecule has 0 amide bonds. The third kappa shape index (κ3) is 15.7. The number of phenolic OH excluding ortho intramolecular Hbond substituents is 2. The highest BCUT2D eigenvalue weighted by molar-refractivity contribution is 7.89. The van der Waals surface area contributed by atoms with Gasteiger partial charge in [0.15, 0.2) is 6.29 Å². The van der Waals surface area contributed by atoms with E-state index in [-0.39, 0.29) is 45.6 Å². The molecule has 0 unspecified atom stereocenters. The summed E-state index contributed by atoms with van der Waals surface area (Å²) in [5, 5.41) is 38.5. The van der Waals surface area contributed by atoms with Gasteiger partial charge in [-0.1, -0.05) is 100 Å². The first-order valence-electron chi connectivity index (χ1n) is 14.6. The van der Waals surface area contributed by atoms with Gasteiger partial charge in [-0.15, -0.1) is 12.4 Å². The molecule has 6 N–H and O–H groups in total. The minimum absolute atomic E-state index is 0. The molecule has 46 heavy (non-hydrogen) atoms. The minimum atomic E-state index is -0.630. The smallest absolute Gasteiger partial charge is 0.153 e. The summed E-state index contributed by atoms with van der Waals surface area (Å²) in [6.07, 6.45) is 0.222. The Morgan fingerprint density at radius 2 is 0.935 bits per heavy atom. The zero-order chi connectivity index (χ0) is 36.3. The molecule has 0 saturated heterocycles. The molecule has 10 radical (unpaired) electrons. The highest BCUT2D eigenvalue weighted by Gasteiger charge is 2.26. The Kier molecular flexibility index (Phi) is 20.7. The lowest BCUT2D eigenvalue weighted by molar-refractivity contribution is 0.112. The van der Waals surface area contributed by atoms with Crippen LogP contribution in [-0.4, -0.2) is 91.0 Å². The van der Waals surface area contributed by atoms with E-state index in [9.17, 15) is 15.0 Å². The first-order chi connectivity index (χ1) is 20.2. The van der Waals surface area contributed by atoms with Crippen molar-refractivity contribution < 1.29 is 25.4 Å². The number of carbonyl (C=O) groups is 1. The standard InChI is InChI=1S/C15H23NO2.C15H22O2.B8.ClH.H3NO/c1-14(2,3)11-7-10(9-16-18)13(17)12(8-11)15(4,5)6;1-14(2,3)11-7-10(9-16)13(17)12(8-11)15(4,5)6;1-6(2)8(5)7(3)4;;1-2/h7-9,17-18H,1-6H3;7-9,17H,1-6H3;;1H;2H,1H2/b16-9+;;;;. The number of aromatic hydroxyl groups is 2. The van der Waals surface area contributed by atoms with Crippen LogP contribution in [0.4, 0.5) is 0 Å². The summed E-state index contributed by atoms with van der Waals surface area (Å²) in [6, 6.07) is 7.67. The van der Waals surface area contributed by atoms with Crippen molar-refractivity contribution in [2.75, 3.05) is 0 Å². The summed E-state index contributed by atoms with van der Waals surface area (Å²) < 4.78 is 0. The van der Waals surface area contributed by atoms with E-state index >= 15 is 0 Å². The van der Waals surface area contributed by atoms with Crippen LogP contribution in [0.2, 0.25) is 0 Å². The van der Waals surface area contributed by atoms with Gasteiger partial charge in [0.25, 0.3) is 0 Å². The first-order valence-corrected chi connectivity index (χ1v) is 14.6. The van der Waals surface area contributed by atoms with Crippen molar-refractivity contribution in [3.8, 4) is 11.5 Å². The summed E-state index contributed by atoms with van der Waals surface area (Å²) in [7, 11) is 25.8. The normalized spacial score (nSPS) is 11.3. The van der Waals surface area contributed by atoms with Gasteiger partial charge in [0, 0.05) is 74.5 Å². The van der Waals surface area contributed by atoms with Crippen LogP contribution in [0.3, 0.4) is 0 Å². The second-order valence-electron chi connectivity index (χ2n) is 15.0. The lowest BCUT2D eigenvalue weighted by Crippen LogP contribution is -2.52. The topological polar surface area (TPSA) is 136 Å². The Morgan fingerprint density at radius 3 is 1.15 bits per heavy atom. The molecule has 7 nitrogen and oxygen atoms in total. The number of phenols is 2. The fourth-order valence-electron chi connectivity index (χ4n) is 3.83. The monoisotopic (exact) mass is 640 g/mol. The molecule has 0 aromatic heterocycles. The van der Waals surface area contributed by atoms with E-state index in [0.717, 1.165) is 28.5 Å². The number of hydrogen-bond donors (Lipinski definition) is 5. The number of rotatable bonds is 4. The van der Waals surface area contributed by atoms with Gasteiger partial charge in [0.2, 0.25) is 0 Å². The van der Waals surface area contributed by atoms with E-state index in [1.165, 1.54) is 6.21 Å². The highest BCUT2D eigenvalue weighted by atomic mass is 35.5. The molecule has 2 aromatic rings. The van der Waals surface area contributed by atoms with Gasteiger partial charge in [-0.2, -0.15) is 0 Å². The quantitative estimate of drug-likeness (QED) is 0.111. The lowest BCUT2D eigenvalue weighted by atomic mass is 8.68. The van der Waals surface area contributed by atoms with Crippen LogP contribution in [0.5, 0.6) is 11.5 Å². The van der Waals surface area contributed by atoms with Crippen LogP contribution < -0.4 is 5.90 Å². The Balaban J connectivity index is -0.000000617. The van der Waals surface area contributed by atoms with Crippen LogP contribution in [0.15, 0.2) is 29.4 Å². The number of oxime groups is 1. The summed E-state index contributed by atoms with van der Waals surface area (Å²) in [4.78, 5) is 11.0. The molecule has 240 valence electrons. The molecule has 0 bridgehead atoms. The number of carbonyl (C=O) groups excluding carboxylic acids is 1. The van der Waals surface area contributed by atoms with Gasteiger partial charge in [-0.25, -0.2) is 5.90 Å². The molecule has 0 saturated carbocycles. The summed E-state index contributed by atoms with van der Waals surface area (Å²) in [5.41, 5.74) is 4.40. The largest absolute Gasteiger partial charge is 0.507 e. The van der Waals surface area contributed by atoms with Gasteiger partial charge >= 0.3 is 0 Å². The molecule has 0 aliphatic rings. The Bertz CT molecular complexity index is 1250. The molecule has 16 heteroatoms. The van der Waals surface area contributed by atoms with E-state index in [0.29, 0.717) is 11.1 Å². The number of nitrogens with zero attached hydrogens (tertiary/aromatic N) is 1. The maximum atomic E-state index is 11.0. The lowest BCUT2D eigenvalue weighted by Gasteiger charge is -2.26. The van der Waals surface area contributed by atoms with Crippen molar-refractivity contribution >= 4 is 82.7 Å². The maximum Gasteiger partial charge on any atom is 0.153 e. The fraction of sp³-hybridized carbons (Fsp3) is 0.533. The number of nitrogens with two attached hydrogens (primary N) is 1. The maximum absolute atomic E-state index is 11.0. The van der Waals surface area contributed by atoms with Gasteiger partial charge in [-0.05, 0) is 44.9 Å². The van der Waals surface area contributed by atoms with Crippen LogP contribution in [0.25, 0.3) is 0 Å². The van der Waals surface area contributed by atoms with Crippen molar-refractivity contribution in [2.45, 2.75) is 105 Å². The van der Waals surface area contributed by atoms with Crippen LogP contribution in [0.1, 0.15) is 121 Å². The number of halogens is 1. The molecular weight excluding hydrogens is 590 g/mol. The average molecular weight is 640 g/mol. The van der Waals surface area contributed by atoms with Crippen molar-refractivity contribution in [3.63, 3.8) is 0 Å². The van der Waals surface area contributed by atoms with E-state index < -0.39 is 19.2 Å². The second kappa shape index (κ2) is 19.7. The zero-order valence-electron chi connectivity index (χ0n) is 29.7. The molecule has 2 rings (SSSR count). The highest BCUT2D eigenvalue weighted by Crippen LogP contribution is 2.38. The second-order valence-corrected chi connectivity index (χ2v) is 15.0. The van der Waals surface area contributed by atoms with E-state index in [1.54, 1.807) is 6.07 Å². The predicted molar refractivity (Wildman–Crippen MR) is 205 cm³/mol. The van der Waals surface area contributed by atoms with Crippen molar-refractivity contribution in [3.05, 3.63) is 57.6 Å². The van der Waals surface area contributed by atoms with Crippen molar-refractivity contribution in [1.29, 1.82) is 0 Å². The van der Waals surface area contributed by atoms with Crippen LogP contribution in [-0.2, 0) is 21.7 Å². The molecule has 0 aliphatic heterocycles. The van der Waals surface area contributed by atoms with Gasteiger partial charge in [0.05, 0.1) is 11.8 Å². The predicted octanol–water partition coefficient (Wildman–Crippen LogP) is 4.30. The van der Waals surface area contributed by atoms with Gasteiger partial charge < -0.3 is 20.6 Å². The van der Waals surface area contributed by atoms with E-state index in [1.807, 2.05) is 59.7 Å². The summed E-state index contributed by atoms with van der Waals surface area (Å²) >= 11 is 0. The molecule has 0 spiro atoms. The SMILES string of the molecule is CC(C)(C)c1cc(/C=N/O)c(O)c(C(C)(C)C)c1.CC(C)(C)c1cc(C=O)c(O)c(C(C)(C)C)c1.Cl.NO.[B]B([B])B([B])B([B])[B]. The van der Waals surface area contributed by atoms with Crippen molar-refractivity contribution in [1.82, 2.24) is 0 Å². The van der Waals surface area contributed by atoms with Crippen LogP contribution >= 0.6 is 12.4 Å². The van der Waals surface area contributed by atoms with Gasteiger partial charge in [-0.3, -0.25) is 4.79 Å². The average Bonchev–Trinajstić information content (AvgIpc) is 2.88. The van der Waals surface area contributed by atoms with Crippen LogP contribution in [0, 0.1) is 0 Å².